The van der Waals surface area contributed by atoms with Gasteiger partial charge in [0.15, 0.2) is 0 Å². The second-order valence-electron chi connectivity index (χ2n) is 2.76. The van der Waals surface area contributed by atoms with Crippen LogP contribution < -0.4 is 0 Å². The summed E-state index contributed by atoms with van der Waals surface area (Å²) in [4.78, 5) is 10.4. The molecular formula is C9H8ClFO2. The molecule has 2 nitrogen and oxygen atoms in total. The summed E-state index contributed by atoms with van der Waals surface area (Å²) in [6, 6.07) is 2.58. The zero-order valence-corrected chi connectivity index (χ0v) is 7.73. The average Bonchev–Trinajstić information content (AvgIpc) is 1.99. The van der Waals surface area contributed by atoms with Crippen LogP contribution in [0.25, 0.3) is 0 Å². The summed E-state index contributed by atoms with van der Waals surface area (Å²) in [7, 11) is 0. The number of hydrogen-bond donors (Lipinski definition) is 1. The van der Waals surface area contributed by atoms with Crippen LogP contribution in [0.4, 0.5) is 4.39 Å². The van der Waals surface area contributed by atoms with Gasteiger partial charge in [-0.2, -0.15) is 0 Å². The Hall–Kier alpha value is -1.09. The lowest BCUT2D eigenvalue weighted by Gasteiger charge is -2.03. The highest BCUT2D eigenvalue weighted by Gasteiger charge is 2.08. The van der Waals surface area contributed by atoms with E-state index < -0.39 is 11.8 Å². The van der Waals surface area contributed by atoms with Crippen LogP contribution in [0.2, 0.25) is 5.02 Å². The molecule has 0 spiro atoms. The second kappa shape index (κ2) is 3.75. The lowest BCUT2D eigenvalue weighted by molar-refractivity contribution is -0.136. The Balaban J connectivity index is 3.08. The minimum atomic E-state index is -0.953. The highest BCUT2D eigenvalue weighted by Crippen LogP contribution is 2.20. The summed E-state index contributed by atoms with van der Waals surface area (Å²) in [5.74, 6) is -1.47. The molecule has 0 aliphatic carbocycles. The molecule has 0 fully saturated rings. The molecule has 0 unspecified atom stereocenters. The number of aliphatic carboxylic acids is 1. The van der Waals surface area contributed by atoms with Crippen molar-refractivity contribution in [3.05, 3.63) is 34.1 Å². The van der Waals surface area contributed by atoms with Crippen molar-refractivity contribution in [2.75, 3.05) is 0 Å². The first-order valence-electron chi connectivity index (χ1n) is 3.67. The van der Waals surface area contributed by atoms with Gasteiger partial charge in [-0.3, -0.25) is 4.79 Å². The standard InChI is InChI=1S/C9H8ClFO2/c1-5-2-8(11)7(10)3-6(5)4-9(12)13/h2-3H,4H2,1H3,(H,12,13). The average molecular weight is 203 g/mol. The van der Waals surface area contributed by atoms with Crippen LogP contribution in [0.1, 0.15) is 11.1 Å². The summed E-state index contributed by atoms with van der Waals surface area (Å²) >= 11 is 5.50. The van der Waals surface area contributed by atoms with E-state index >= 15 is 0 Å². The molecule has 70 valence electrons. The zero-order chi connectivity index (χ0) is 10.0. The van der Waals surface area contributed by atoms with Crippen LogP contribution in [0.5, 0.6) is 0 Å². The lowest BCUT2D eigenvalue weighted by Crippen LogP contribution is -2.02. The van der Waals surface area contributed by atoms with Gasteiger partial charge in [0, 0.05) is 0 Å². The summed E-state index contributed by atoms with van der Waals surface area (Å²) in [6.45, 7) is 1.65. The molecule has 0 radical (unpaired) electrons. The quantitative estimate of drug-likeness (QED) is 0.800. The van der Waals surface area contributed by atoms with Crippen LogP contribution in [0.3, 0.4) is 0 Å². The van der Waals surface area contributed by atoms with Crippen molar-refractivity contribution in [3.8, 4) is 0 Å². The Labute approximate surface area is 80.0 Å². The Morgan fingerprint density at radius 1 is 1.62 bits per heavy atom. The summed E-state index contributed by atoms with van der Waals surface area (Å²) in [6.07, 6.45) is -0.133. The van der Waals surface area contributed by atoms with Gasteiger partial charge in [-0.25, -0.2) is 4.39 Å². The zero-order valence-electron chi connectivity index (χ0n) is 6.97. The van der Waals surface area contributed by atoms with Gasteiger partial charge in [0.25, 0.3) is 0 Å². The van der Waals surface area contributed by atoms with Gasteiger partial charge in [0.2, 0.25) is 0 Å². The van der Waals surface area contributed by atoms with E-state index in [1.807, 2.05) is 0 Å². The fourth-order valence-corrected chi connectivity index (χ4v) is 1.23. The van der Waals surface area contributed by atoms with Crippen LogP contribution in [-0.2, 0) is 11.2 Å². The number of halogens is 2. The lowest BCUT2D eigenvalue weighted by atomic mass is 10.1. The normalized spacial score (nSPS) is 10.1. The van der Waals surface area contributed by atoms with Gasteiger partial charge in [0.1, 0.15) is 5.82 Å². The predicted octanol–water partition coefficient (Wildman–Crippen LogP) is 2.41. The predicted molar refractivity (Wildman–Crippen MR) is 47.5 cm³/mol. The fourth-order valence-electron chi connectivity index (χ4n) is 1.04. The van der Waals surface area contributed by atoms with Gasteiger partial charge in [0.05, 0.1) is 11.4 Å². The van der Waals surface area contributed by atoms with Crippen molar-refractivity contribution in [3.63, 3.8) is 0 Å². The van der Waals surface area contributed by atoms with Crippen LogP contribution in [-0.4, -0.2) is 11.1 Å². The van der Waals surface area contributed by atoms with Gasteiger partial charge in [-0.15, -0.1) is 0 Å². The van der Waals surface area contributed by atoms with E-state index in [2.05, 4.69) is 0 Å². The molecule has 1 N–H and O–H groups in total. The first-order chi connectivity index (χ1) is 6.00. The molecule has 0 aromatic heterocycles. The summed E-state index contributed by atoms with van der Waals surface area (Å²) < 4.78 is 12.8. The second-order valence-corrected chi connectivity index (χ2v) is 3.17. The molecule has 1 aromatic carbocycles. The molecule has 0 amide bonds. The van der Waals surface area contributed by atoms with E-state index in [0.717, 1.165) is 0 Å². The number of carboxylic acid groups (broad SMARTS) is 1. The van der Waals surface area contributed by atoms with Crippen molar-refractivity contribution in [2.45, 2.75) is 13.3 Å². The smallest absolute Gasteiger partial charge is 0.307 e. The maximum atomic E-state index is 12.8. The number of carbonyl (C=O) groups is 1. The molecule has 0 aliphatic rings. The van der Waals surface area contributed by atoms with E-state index in [-0.39, 0.29) is 11.4 Å². The first kappa shape index (κ1) is 9.99. The van der Waals surface area contributed by atoms with E-state index in [0.29, 0.717) is 11.1 Å². The van der Waals surface area contributed by atoms with E-state index in [4.69, 9.17) is 16.7 Å². The Morgan fingerprint density at radius 3 is 2.77 bits per heavy atom. The number of benzene rings is 1. The Bertz CT molecular complexity index is 350. The third kappa shape index (κ3) is 2.42. The topological polar surface area (TPSA) is 37.3 Å². The van der Waals surface area contributed by atoms with E-state index in [1.54, 1.807) is 6.92 Å². The van der Waals surface area contributed by atoms with E-state index in [9.17, 15) is 9.18 Å². The van der Waals surface area contributed by atoms with Crippen molar-refractivity contribution in [2.24, 2.45) is 0 Å². The molecule has 0 heterocycles. The molecule has 13 heavy (non-hydrogen) atoms. The molecule has 1 rings (SSSR count). The van der Waals surface area contributed by atoms with Crippen molar-refractivity contribution in [1.82, 2.24) is 0 Å². The minimum absolute atomic E-state index is 0.0400. The summed E-state index contributed by atoms with van der Waals surface area (Å²) in [5.41, 5.74) is 1.14. The molecule has 0 saturated heterocycles. The molecule has 1 aromatic rings. The largest absolute Gasteiger partial charge is 0.481 e. The number of rotatable bonds is 2. The van der Waals surface area contributed by atoms with Crippen LogP contribution >= 0.6 is 11.6 Å². The Kier molecular flexibility index (Phi) is 2.88. The van der Waals surface area contributed by atoms with Crippen LogP contribution in [0, 0.1) is 12.7 Å². The maximum absolute atomic E-state index is 12.8. The molecule has 0 atom stereocenters. The van der Waals surface area contributed by atoms with Gasteiger partial charge < -0.3 is 5.11 Å². The van der Waals surface area contributed by atoms with Crippen molar-refractivity contribution < 1.29 is 14.3 Å². The molecule has 4 heteroatoms. The number of carboxylic acids is 1. The highest BCUT2D eigenvalue weighted by molar-refractivity contribution is 6.30. The molecule has 0 aliphatic heterocycles. The minimum Gasteiger partial charge on any atom is -0.481 e. The highest BCUT2D eigenvalue weighted by atomic mass is 35.5. The number of aryl methyl sites for hydroxylation is 1. The maximum Gasteiger partial charge on any atom is 0.307 e. The number of hydrogen-bond acceptors (Lipinski definition) is 1. The summed E-state index contributed by atoms with van der Waals surface area (Å²) in [5, 5.41) is 8.47. The third-order valence-corrected chi connectivity index (χ3v) is 2.01. The monoisotopic (exact) mass is 202 g/mol. The van der Waals surface area contributed by atoms with Gasteiger partial charge in [-0.1, -0.05) is 11.6 Å². The van der Waals surface area contributed by atoms with Crippen molar-refractivity contribution >= 4 is 17.6 Å². The molecule has 0 saturated carbocycles. The van der Waals surface area contributed by atoms with Crippen LogP contribution in [0.15, 0.2) is 12.1 Å². The Morgan fingerprint density at radius 2 is 2.23 bits per heavy atom. The fraction of sp³-hybridized carbons (Fsp3) is 0.222. The molecule has 0 bridgehead atoms. The van der Waals surface area contributed by atoms with Crippen molar-refractivity contribution in [1.29, 1.82) is 0 Å². The molecular weight excluding hydrogens is 195 g/mol. The van der Waals surface area contributed by atoms with Gasteiger partial charge >= 0.3 is 5.97 Å². The first-order valence-corrected chi connectivity index (χ1v) is 4.05. The van der Waals surface area contributed by atoms with E-state index in [1.165, 1.54) is 12.1 Å². The SMILES string of the molecule is Cc1cc(F)c(Cl)cc1CC(=O)O. The van der Waals surface area contributed by atoms with Gasteiger partial charge in [-0.05, 0) is 30.2 Å². The third-order valence-electron chi connectivity index (χ3n) is 1.72.